The van der Waals surface area contributed by atoms with Crippen LogP contribution in [0.5, 0.6) is 0 Å². The molecule has 0 saturated carbocycles. The first kappa shape index (κ1) is 15.0. The van der Waals surface area contributed by atoms with E-state index in [4.69, 9.17) is 9.88 Å². The molecule has 0 radical (unpaired) electrons. The smallest absolute Gasteiger partial charge is 0.230 e. The Morgan fingerprint density at radius 1 is 1.40 bits per heavy atom. The van der Waals surface area contributed by atoms with Gasteiger partial charge in [-0.1, -0.05) is 24.3 Å². The molecule has 6 heteroatoms. The Morgan fingerprint density at radius 3 is 2.85 bits per heavy atom. The van der Waals surface area contributed by atoms with Crippen LogP contribution in [-0.2, 0) is 21.2 Å². The van der Waals surface area contributed by atoms with E-state index < -0.39 is 15.4 Å². The van der Waals surface area contributed by atoms with Crippen LogP contribution in [0.4, 0.5) is 5.69 Å². The van der Waals surface area contributed by atoms with Crippen molar-refractivity contribution in [1.82, 2.24) is 0 Å². The monoisotopic (exact) mass is 296 g/mol. The summed E-state index contributed by atoms with van der Waals surface area (Å²) in [6.07, 6.45) is 4.88. The lowest BCUT2D eigenvalue weighted by molar-refractivity contribution is 0.144. The topological polar surface area (TPSA) is 72.6 Å². The molecular formula is C14H20N2O3S. The second-order valence-corrected chi connectivity index (χ2v) is 6.38. The summed E-state index contributed by atoms with van der Waals surface area (Å²) >= 11 is 0. The molecule has 0 bridgehead atoms. The predicted molar refractivity (Wildman–Crippen MR) is 79.8 cm³/mol. The standard InChI is InChI=1S/C14H20N2O3S/c1-2-19-11-9-14(20(15,17)18)16-10-5-7-12-6-3-4-8-13(12)16/h3-6,8,10,14H,2,7,9,11H2,1H3,(H2,15,17,18). The molecule has 0 aromatic heterocycles. The number of para-hydroxylation sites is 1. The number of hydrogen-bond acceptors (Lipinski definition) is 4. The van der Waals surface area contributed by atoms with Gasteiger partial charge in [-0.3, -0.25) is 0 Å². The minimum Gasteiger partial charge on any atom is -0.382 e. The third-order valence-electron chi connectivity index (χ3n) is 3.28. The first-order valence-corrected chi connectivity index (χ1v) is 8.27. The maximum atomic E-state index is 11.9. The summed E-state index contributed by atoms with van der Waals surface area (Å²) in [5, 5.41) is 4.59. The molecule has 1 unspecified atom stereocenters. The van der Waals surface area contributed by atoms with Crippen LogP contribution < -0.4 is 10.0 Å². The van der Waals surface area contributed by atoms with Crippen LogP contribution in [0.3, 0.4) is 0 Å². The van der Waals surface area contributed by atoms with Crippen molar-refractivity contribution in [3.8, 4) is 0 Å². The van der Waals surface area contributed by atoms with E-state index >= 15 is 0 Å². The van der Waals surface area contributed by atoms with Crippen LogP contribution in [0.1, 0.15) is 18.9 Å². The molecule has 0 saturated heterocycles. The molecule has 0 amide bonds. The van der Waals surface area contributed by atoms with Gasteiger partial charge < -0.3 is 9.64 Å². The van der Waals surface area contributed by atoms with Crippen LogP contribution in [0.15, 0.2) is 36.5 Å². The molecule has 110 valence electrons. The second-order valence-electron chi connectivity index (χ2n) is 4.65. The minimum absolute atomic E-state index is 0.339. The normalized spacial score (nSPS) is 16.0. The number of ether oxygens (including phenoxy) is 1. The number of primary sulfonamides is 1. The van der Waals surface area contributed by atoms with Crippen molar-refractivity contribution in [2.45, 2.75) is 25.1 Å². The van der Waals surface area contributed by atoms with Gasteiger partial charge in [0.1, 0.15) is 0 Å². The summed E-state index contributed by atoms with van der Waals surface area (Å²) in [5.41, 5.74) is 1.99. The van der Waals surface area contributed by atoms with Crippen LogP contribution in [0.2, 0.25) is 0 Å². The molecule has 0 aliphatic carbocycles. The molecule has 1 atom stereocenters. The van der Waals surface area contributed by atoms with Gasteiger partial charge in [0.05, 0.1) is 0 Å². The number of fused-ring (bicyclic) bond motifs is 1. The highest BCUT2D eigenvalue weighted by molar-refractivity contribution is 7.89. The molecule has 1 aliphatic heterocycles. The first-order chi connectivity index (χ1) is 9.54. The van der Waals surface area contributed by atoms with E-state index in [1.165, 1.54) is 0 Å². The fourth-order valence-corrected chi connectivity index (χ4v) is 3.28. The van der Waals surface area contributed by atoms with E-state index in [-0.39, 0.29) is 0 Å². The van der Waals surface area contributed by atoms with Crippen LogP contribution in [0.25, 0.3) is 0 Å². The molecular weight excluding hydrogens is 276 g/mol. The average Bonchev–Trinajstić information content (AvgIpc) is 2.42. The number of allylic oxidation sites excluding steroid dienone is 1. The second kappa shape index (κ2) is 6.39. The molecule has 0 fully saturated rings. The van der Waals surface area contributed by atoms with Gasteiger partial charge in [-0.15, -0.1) is 0 Å². The highest BCUT2D eigenvalue weighted by Gasteiger charge is 2.29. The zero-order valence-electron chi connectivity index (χ0n) is 11.5. The van der Waals surface area contributed by atoms with Gasteiger partial charge in [0.25, 0.3) is 0 Å². The lowest BCUT2D eigenvalue weighted by atomic mass is 10.1. The molecule has 1 aliphatic rings. The number of sulfonamides is 1. The van der Waals surface area contributed by atoms with Crippen molar-refractivity contribution >= 4 is 15.7 Å². The maximum absolute atomic E-state index is 11.9. The van der Waals surface area contributed by atoms with E-state index in [2.05, 4.69) is 0 Å². The summed E-state index contributed by atoms with van der Waals surface area (Å²) in [5.74, 6) is 0. The Hall–Kier alpha value is -1.37. The van der Waals surface area contributed by atoms with Crippen LogP contribution in [0, 0.1) is 0 Å². The Kier molecular flexibility index (Phi) is 4.80. The SMILES string of the molecule is CCOCCC(N1C=CCc2ccccc21)S(N)(=O)=O. The number of rotatable bonds is 6. The van der Waals surface area contributed by atoms with E-state index in [1.807, 2.05) is 37.3 Å². The van der Waals surface area contributed by atoms with Crippen LogP contribution in [-0.4, -0.2) is 27.0 Å². The number of nitrogens with two attached hydrogens (primary N) is 1. The van der Waals surface area contributed by atoms with E-state index in [1.54, 1.807) is 11.1 Å². The van der Waals surface area contributed by atoms with E-state index in [0.29, 0.717) is 19.6 Å². The average molecular weight is 296 g/mol. The third-order valence-corrected chi connectivity index (χ3v) is 4.50. The summed E-state index contributed by atoms with van der Waals surface area (Å²) in [4.78, 5) is 1.73. The Bertz CT molecular complexity index is 584. The summed E-state index contributed by atoms with van der Waals surface area (Å²) in [7, 11) is -3.69. The van der Waals surface area contributed by atoms with Gasteiger partial charge in [-0.2, -0.15) is 0 Å². The largest absolute Gasteiger partial charge is 0.382 e. The van der Waals surface area contributed by atoms with Gasteiger partial charge in [-0.05, 0) is 25.0 Å². The Morgan fingerprint density at radius 2 is 2.15 bits per heavy atom. The lowest BCUT2D eigenvalue weighted by Gasteiger charge is -2.32. The Balaban J connectivity index is 2.29. The van der Waals surface area contributed by atoms with Gasteiger partial charge >= 0.3 is 0 Å². The van der Waals surface area contributed by atoms with Crippen LogP contribution >= 0.6 is 0 Å². The van der Waals surface area contributed by atoms with Crippen molar-refractivity contribution in [2.24, 2.45) is 5.14 Å². The fourth-order valence-electron chi connectivity index (χ4n) is 2.35. The number of hydrogen-bond donors (Lipinski definition) is 1. The molecule has 1 aromatic carbocycles. The van der Waals surface area contributed by atoms with Gasteiger partial charge in [-0.25, -0.2) is 13.6 Å². The Labute approximate surface area is 120 Å². The fraction of sp³-hybridized carbons (Fsp3) is 0.429. The molecule has 20 heavy (non-hydrogen) atoms. The van der Waals surface area contributed by atoms with Crippen molar-refractivity contribution in [1.29, 1.82) is 0 Å². The number of nitrogens with zero attached hydrogens (tertiary/aromatic N) is 1. The highest BCUT2D eigenvalue weighted by Crippen LogP contribution is 2.29. The molecule has 1 heterocycles. The number of benzene rings is 1. The maximum Gasteiger partial charge on any atom is 0.230 e. The first-order valence-electron chi connectivity index (χ1n) is 6.66. The summed E-state index contributed by atoms with van der Waals surface area (Å²) in [6, 6.07) is 7.75. The van der Waals surface area contributed by atoms with Crippen molar-refractivity contribution < 1.29 is 13.2 Å². The molecule has 2 rings (SSSR count). The molecule has 1 aromatic rings. The van der Waals surface area contributed by atoms with Crippen molar-refractivity contribution in [3.05, 3.63) is 42.1 Å². The zero-order chi connectivity index (χ0) is 14.6. The molecule has 0 spiro atoms. The molecule has 2 N–H and O–H groups in total. The summed E-state index contributed by atoms with van der Waals surface area (Å²) in [6.45, 7) is 2.80. The number of anilines is 1. The lowest BCUT2D eigenvalue weighted by Crippen LogP contribution is -2.43. The predicted octanol–water partition coefficient (Wildman–Crippen LogP) is 1.60. The van der Waals surface area contributed by atoms with Gasteiger partial charge in [0, 0.05) is 31.5 Å². The van der Waals surface area contributed by atoms with Gasteiger partial charge in [0.2, 0.25) is 10.0 Å². The quantitative estimate of drug-likeness (QED) is 0.809. The van der Waals surface area contributed by atoms with Crippen molar-refractivity contribution in [2.75, 3.05) is 18.1 Å². The van der Waals surface area contributed by atoms with E-state index in [0.717, 1.165) is 17.7 Å². The highest BCUT2D eigenvalue weighted by atomic mass is 32.2. The van der Waals surface area contributed by atoms with Crippen molar-refractivity contribution in [3.63, 3.8) is 0 Å². The minimum atomic E-state index is -3.69. The molecule has 5 nitrogen and oxygen atoms in total. The van der Waals surface area contributed by atoms with Gasteiger partial charge in [0.15, 0.2) is 5.37 Å². The van der Waals surface area contributed by atoms with E-state index in [9.17, 15) is 8.42 Å². The zero-order valence-corrected chi connectivity index (χ0v) is 12.3. The third kappa shape index (κ3) is 3.39. The summed E-state index contributed by atoms with van der Waals surface area (Å²) < 4.78 is 29.0.